The summed E-state index contributed by atoms with van der Waals surface area (Å²) in [4.78, 5) is 45.8. The number of carboxylic acids is 3. The number of fused-ring (bicyclic) bond motifs is 1. The Hall–Kier alpha value is -4.47. The molecule has 0 unspecified atom stereocenters. The van der Waals surface area contributed by atoms with E-state index in [0.717, 1.165) is 38.2 Å². The van der Waals surface area contributed by atoms with Crippen LogP contribution in [0, 0.1) is 5.92 Å². The largest absolute Gasteiger partial charge is 0.490 e. The van der Waals surface area contributed by atoms with Crippen molar-refractivity contribution in [1.82, 2.24) is 25.0 Å². The van der Waals surface area contributed by atoms with Gasteiger partial charge in [0, 0.05) is 38.1 Å². The van der Waals surface area contributed by atoms with Crippen LogP contribution in [0.1, 0.15) is 24.1 Å². The minimum Gasteiger partial charge on any atom is -0.475 e. The summed E-state index contributed by atoms with van der Waals surface area (Å²) in [5.41, 5.74) is 2.08. The summed E-state index contributed by atoms with van der Waals surface area (Å²) in [5.74, 6) is -7.82. The molecule has 264 valence electrons. The van der Waals surface area contributed by atoms with Crippen molar-refractivity contribution in [2.75, 3.05) is 13.1 Å². The van der Waals surface area contributed by atoms with Gasteiger partial charge in [0.25, 0.3) is 0 Å². The molecule has 2 fully saturated rings. The number of carboxylic acid groups (broad SMARTS) is 3. The van der Waals surface area contributed by atoms with Gasteiger partial charge in [-0.1, -0.05) is 6.07 Å². The van der Waals surface area contributed by atoms with Gasteiger partial charge < -0.3 is 25.4 Å². The fraction of sp³-hybridized carbons (Fsp3) is 0.520. The molecule has 2 aliphatic heterocycles. The number of amides is 1. The van der Waals surface area contributed by atoms with Crippen molar-refractivity contribution in [3.8, 4) is 0 Å². The third kappa shape index (κ3) is 15.6. The lowest BCUT2D eigenvalue weighted by Crippen LogP contribution is -2.42. The lowest BCUT2D eigenvalue weighted by molar-refractivity contribution is -0.193. The Labute approximate surface area is 258 Å². The second kappa shape index (κ2) is 17.4. The monoisotopic (exact) mass is 697 g/mol. The summed E-state index contributed by atoms with van der Waals surface area (Å²) < 4.78 is 103. The molecule has 0 aliphatic carbocycles. The molecular weight excluding hydrogens is 669 g/mol. The molecule has 1 amide bonds. The van der Waals surface area contributed by atoms with Crippen LogP contribution in [0.5, 0.6) is 0 Å². The zero-order chi connectivity index (χ0) is 36.2. The quantitative estimate of drug-likeness (QED) is 0.337. The first-order valence-electron chi connectivity index (χ1n) is 12.9. The van der Waals surface area contributed by atoms with E-state index in [-0.39, 0.29) is 18.1 Å². The maximum Gasteiger partial charge on any atom is 0.490 e. The molecule has 3 atom stereocenters. The highest BCUT2D eigenvalue weighted by Gasteiger charge is 2.42. The van der Waals surface area contributed by atoms with E-state index in [1.807, 2.05) is 36.1 Å². The van der Waals surface area contributed by atoms with Gasteiger partial charge in [0.1, 0.15) is 6.10 Å². The molecule has 0 radical (unpaired) electrons. The number of hydrogen-bond donors (Lipinski definition) is 4. The molecule has 22 heteroatoms. The Morgan fingerprint density at radius 3 is 1.89 bits per heavy atom. The molecule has 4 rings (SSSR count). The number of aryl methyl sites for hydroxylation is 1. The fourth-order valence-corrected chi connectivity index (χ4v) is 3.91. The molecular formula is C25H28F9N5O8. The van der Waals surface area contributed by atoms with Crippen molar-refractivity contribution >= 4 is 23.8 Å². The molecule has 47 heavy (non-hydrogen) atoms. The van der Waals surface area contributed by atoms with Crippen molar-refractivity contribution < 1.29 is 78.7 Å². The summed E-state index contributed by atoms with van der Waals surface area (Å²) in [7, 11) is 1.93. The normalized spacial score (nSPS) is 19.3. The van der Waals surface area contributed by atoms with Gasteiger partial charge in [-0.15, -0.1) is 0 Å². The maximum absolute atomic E-state index is 12.4. The number of aliphatic carboxylic acids is 3. The second-order valence-corrected chi connectivity index (χ2v) is 9.65. The molecule has 2 aromatic heterocycles. The number of alkyl halides is 9. The zero-order valence-corrected chi connectivity index (χ0v) is 24.0. The fourth-order valence-electron chi connectivity index (χ4n) is 3.91. The molecule has 4 N–H and O–H groups in total. The zero-order valence-electron chi connectivity index (χ0n) is 24.0. The van der Waals surface area contributed by atoms with E-state index in [1.54, 1.807) is 6.20 Å². The molecule has 13 nitrogen and oxygen atoms in total. The Kier molecular flexibility index (Phi) is 15.1. The predicted octanol–water partition coefficient (Wildman–Crippen LogP) is 3.01. The van der Waals surface area contributed by atoms with Crippen LogP contribution in [0.15, 0.2) is 36.8 Å². The summed E-state index contributed by atoms with van der Waals surface area (Å²) in [6.07, 6.45) is -7.85. The topological polar surface area (TPSA) is 184 Å². The molecule has 0 saturated carbocycles. The van der Waals surface area contributed by atoms with E-state index < -0.39 is 36.4 Å². The number of carbonyl (C=O) groups is 4. The van der Waals surface area contributed by atoms with Crippen molar-refractivity contribution in [3.63, 3.8) is 0 Å². The van der Waals surface area contributed by atoms with Crippen molar-refractivity contribution in [1.29, 1.82) is 0 Å². The number of pyridine rings is 1. The lowest BCUT2D eigenvalue weighted by Gasteiger charge is -2.33. The Morgan fingerprint density at radius 1 is 0.936 bits per heavy atom. The van der Waals surface area contributed by atoms with Crippen molar-refractivity contribution in [2.45, 2.75) is 56.7 Å². The predicted molar refractivity (Wildman–Crippen MR) is 137 cm³/mol. The number of nitrogens with zero attached hydrogens (tertiary/aromatic N) is 4. The Balaban J connectivity index is 0.000000430. The number of nitrogens with one attached hydrogen (secondary N) is 1. The van der Waals surface area contributed by atoms with Crippen LogP contribution in [-0.4, -0.2) is 103 Å². The molecule has 2 aliphatic rings. The van der Waals surface area contributed by atoms with Crippen molar-refractivity contribution in [3.05, 3.63) is 48.0 Å². The minimum absolute atomic E-state index is 0.0242. The first-order chi connectivity index (χ1) is 21.5. The minimum atomic E-state index is -5.08. The van der Waals surface area contributed by atoms with Crippen molar-refractivity contribution in [2.24, 2.45) is 13.0 Å². The number of likely N-dealkylation sites (tertiary alicyclic amines) is 1. The van der Waals surface area contributed by atoms with Gasteiger partial charge in [-0.25, -0.2) is 14.4 Å². The summed E-state index contributed by atoms with van der Waals surface area (Å²) in [6, 6.07) is 5.70. The number of halogens is 9. The van der Waals surface area contributed by atoms with Crippen LogP contribution in [0.2, 0.25) is 0 Å². The number of rotatable bonds is 5. The van der Waals surface area contributed by atoms with E-state index >= 15 is 0 Å². The summed E-state index contributed by atoms with van der Waals surface area (Å²) in [5, 5.41) is 28.6. The number of hydrogen-bond acceptors (Lipinski definition) is 8. The summed E-state index contributed by atoms with van der Waals surface area (Å²) >= 11 is 0. The molecule has 4 heterocycles. The molecule has 0 spiro atoms. The Bertz CT molecular complexity index is 1260. The maximum atomic E-state index is 12.4. The van der Waals surface area contributed by atoms with E-state index in [0.29, 0.717) is 12.5 Å². The van der Waals surface area contributed by atoms with Crippen LogP contribution in [0.4, 0.5) is 39.5 Å². The van der Waals surface area contributed by atoms with Gasteiger partial charge >= 0.3 is 36.4 Å². The van der Waals surface area contributed by atoms with E-state index in [9.17, 15) is 44.3 Å². The number of piperidine rings is 1. The SMILES string of the molecule is Cn1cc(CN2CC[C@H]3C[C@H](C(=O)NCc4ccccn4)O[C@@H]3C2)cn1.O=C(O)C(F)(F)F.O=C(O)C(F)(F)F.O=C(O)C(F)(F)F. The van der Waals surface area contributed by atoms with Crippen LogP contribution in [0.25, 0.3) is 0 Å². The summed E-state index contributed by atoms with van der Waals surface area (Å²) in [6.45, 7) is 3.25. The molecule has 2 saturated heterocycles. The number of aromatic nitrogens is 3. The van der Waals surface area contributed by atoms with E-state index in [1.165, 1.54) is 5.56 Å². The van der Waals surface area contributed by atoms with Crippen LogP contribution in [-0.2, 0) is 44.1 Å². The highest BCUT2D eigenvalue weighted by Crippen LogP contribution is 2.33. The van der Waals surface area contributed by atoms with Gasteiger partial charge in [-0.2, -0.15) is 44.6 Å². The molecule has 2 aromatic rings. The molecule has 0 aromatic carbocycles. The van der Waals surface area contributed by atoms with Gasteiger partial charge in [-0.3, -0.25) is 19.4 Å². The van der Waals surface area contributed by atoms with Crippen LogP contribution >= 0.6 is 0 Å². The average Bonchev–Trinajstić information content (AvgIpc) is 3.57. The average molecular weight is 698 g/mol. The van der Waals surface area contributed by atoms with Crippen LogP contribution < -0.4 is 5.32 Å². The Morgan fingerprint density at radius 2 is 1.47 bits per heavy atom. The van der Waals surface area contributed by atoms with E-state index in [4.69, 9.17) is 34.4 Å². The highest BCUT2D eigenvalue weighted by atomic mass is 19.4. The number of carbonyl (C=O) groups excluding carboxylic acids is 1. The second-order valence-electron chi connectivity index (χ2n) is 9.65. The molecule has 0 bridgehead atoms. The number of ether oxygens (including phenoxy) is 1. The van der Waals surface area contributed by atoms with Gasteiger partial charge in [0.15, 0.2) is 0 Å². The smallest absolute Gasteiger partial charge is 0.475 e. The third-order valence-corrected chi connectivity index (χ3v) is 5.99. The third-order valence-electron chi connectivity index (χ3n) is 5.99. The van der Waals surface area contributed by atoms with Gasteiger partial charge in [0.05, 0.1) is 24.5 Å². The lowest BCUT2D eigenvalue weighted by atomic mass is 9.91. The van der Waals surface area contributed by atoms with Crippen LogP contribution in [0.3, 0.4) is 0 Å². The standard InChI is InChI=1S/C19H25N5O2.3C2HF3O2/c1-23-11-14(9-22-23)12-24-7-5-15-8-17(26-18(15)13-24)19(25)21-10-16-4-2-3-6-20-16;3*3-2(4,5)1(6)7/h2-4,6,9,11,15,17-18H,5,7-8,10,12-13H2,1H3,(H,21,25);3*(H,6,7)/t15-,17+,18+;;;/m0.../s1. The van der Waals surface area contributed by atoms with Gasteiger partial charge in [0.2, 0.25) is 5.91 Å². The first-order valence-corrected chi connectivity index (χ1v) is 12.9. The highest BCUT2D eigenvalue weighted by molar-refractivity contribution is 5.81. The van der Waals surface area contributed by atoms with Gasteiger partial charge in [-0.05, 0) is 37.4 Å². The first kappa shape index (κ1) is 40.6. The van der Waals surface area contributed by atoms with E-state index in [2.05, 4.69) is 26.5 Å².